The summed E-state index contributed by atoms with van der Waals surface area (Å²) in [7, 11) is 5.16. The summed E-state index contributed by atoms with van der Waals surface area (Å²) in [6, 6.07) is 1.48. The molecule has 0 saturated heterocycles. The molecular weight excluding hydrogens is 379 g/mol. The SMILES string of the molecule is COc1cc(C)c(C(=O)c2c(OC)ncc(C)c2C(F)(F)F)c(OC)c1OC. The third kappa shape index (κ3) is 3.56. The van der Waals surface area contributed by atoms with E-state index in [-0.39, 0.29) is 28.4 Å². The molecule has 6 nitrogen and oxygen atoms in total. The second-order valence-electron chi connectivity index (χ2n) is 5.86. The van der Waals surface area contributed by atoms with Crippen LogP contribution in [0, 0.1) is 13.8 Å². The topological polar surface area (TPSA) is 66.9 Å². The molecule has 0 saturated carbocycles. The summed E-state index contributed by atoms with van der Waals surface area (Å²) in [6.07, 6.45) is -3.78. The van der Waals surface area contributed by atoms with Gasteiger partial charge in [-0.15, -0.1) is 0 Å². The van der Waals surface area contributed by atoms with E-state index in [1.165, 1.54) is 34.3 Å². The van der Waals surface area contributed by atoms with Crippen LogP contribution < -0.4 is 18.9 Å². The molecule has 9 heteroatoms. The van der Waals surface area contributed by atoms with Crippen molar-refractivity contribution in [1.29, 1.82) is 0 Å². The molecule has 2 aromatic rings. The number of nitrogens with zero attached hydrogens (tertiary/aromatic N) is 1. The summed E-state index contributed by atoms with van der Waals surface area (Å²) in [5, 5.41) is 0. The van der Waals surface area contributed by atoms with Gasteiger partial charge < -0.3 is 18.9 Å². The van der Waals surface area contributed by atoms with E-state index < -0.39 is 29.0 Å². The van der Waals surface area contributed by atoms with Crippen molar-refractivity contribution in [2.75, 3.05) is 28.4 Å². The lowest BCUT2D eigenvalue weighted by Gasteiger charge is -2.20. The highest BCUT2D eigenvalue weighted by Crippen LogP contribution is 2.45. The zero-order chi connectivity index (χ0) is 21.2. The first kappa shape index (κ1) is 21.3. The number of pyridine rings is 1. The fraction of sp³-hybridized carbons (Fsp3) is 0.368. The molecule has 0 atom stereocenters. The van der Waals surface area contributed by atoms with Gasteiger partial charge in [0, 0.05) is 6.20 Å². The molecule has 0 spiro atoms. The number of ketones is 1. The Hall–Kier alpha value is -2.97. The van der Waals surface area contributed by atoms with Crippen LogP contribution in [0.1, 0.15) is 32.6 Å². The van der Waals surface area contributed by atoms with E-state index in [1.807, 2.05) is 0 Å². The Bertz CT molecular complexity index is 910. The lowest BCUT2D eigenvalue weighted by atomic mass is 9.93. The van der Waals surface area contributed by atoms with E-state index >= 15 is 0 Å². The fourth-order valence-corrected chi connectivity index (χ4v) is 3.01. The molecule has 0 N–H and O–H groups in total. The van der Waals surface area contributed by atoms with Crippen LogP contribution in [0.3, 0.4) is 0 Å². The van der Waals surface area contributed by atoms with Crippen LogP contribution in [0.25, 0.3) is 0 Å². The normalized spacial score (nSPS) is 11.2. The molecule has 1 aromatic heterocycles. The Morgan fingerprint density at radius 3 is 1.96 bits per heavy atom. The van der Waals surface area contributed by atoms with Crippen LogP contribution >= 0.6 is 0 Å². The van der Waals surface area contributed by atoms with E-state index in [9.17, 15) is 18.0 Å². The Balaban J connectivity index is 2.90. The van der Waals surface area contributed by atoms with Crippen LogP contribution in [0.2, 0.25) is 0 Å². The number of aryl methyl sites for hydroxylation is 2. The molecule has 0 unspecified atom stereocenters. The number of aromatic nitrogens is 1. The third-order valence-electron chi connectivity index (χ3n) is 4.19. The zero-order valence-corrected chi connectivity index (χ0v) is 16.3. The summed E-state index contributed by atoms with van der Waals surface area (Å²) < 4.78 is 61.9. The van der Waals surface area contributed by atoms with Crippen molar-refractivity contribution in [3.8, 4) is 23.1 Å². The monoisotopic (exact) mass is 399 g/mol. The third-order valence-corrected chi connectivity index (χ3v) is 4.19. The molecule has 0 fully saturated rings. The summed E-state index contributed by atoms with van der Waals surface area (Å²) in [6.45, 7) is 2.78. The molecule has 152 valence electrons. The predicted molar refractivity (Wildman–Crippen MR) is 94.8 cm³/mol. The average Bonchev–Trinajstić information content (AvgIpc) is 2.64. The van der Waals surface area contributed by atoms with Crippen molar-refractivity contribution in [3.63, 3.8) is 0 Å². The standard InChI is InChI=1S/C19H20F3NO5/c1-9-7-11(25-3)16(26-4)17(27-5)12(9)15(24)13-14(19(20,21)22)10(2)8-23-18(13)28-6/h7-8H,1-6H3. The first-order valence-electron chi connectivity index (χ1n) is 8.07. The van der Waals surface area contributed by atoms with Crippen LogP contribution in [-0.2, 0) is 6.18 Å². The molecule has 0 aliphatic carbocycles. The lowest BCUT2D eigenvalue weighted by molar-refractivity contribution is -0.138. The van der Waals surface area contributed by atoms with E-state index in [4.69, 9.17) is 18.9 Å². The van der Waals surface area contributed by atoms with Gasteiger partial charge in [-0.1, -0.05) is 0 Å². The summed E-state index contributed by atoms with van der Waals surface area (Å²) >= 11 is 0. The minimum Gasteiger partial charge on any atom is -0.493 e. The van der Waals surface area contributed by atoms with E-state index in [0.29, 0.717) is 5.56 Å². The maximum atomic E-state index is 13.7. The Kier molecular flexibility index (Phi) is 6.06. The number of ether oxygens (including phenoxy) is 4. The number of halogens is 3. The largest absolute Gasteiger partial charge is 0.493 e. The Morgan fingerprint density at radius 2 is 1.50 bits per heavy atom. The zero-order valence-electron chi connectivity index (χ0n) is 16.3. The second kappa shape index (κ2) is 7.95. The number of hydrogen-bond acceptors (Lipinski definition) is 6. The van der Waals surface area contributed by atoms with Gasteiger partial charge in [0.2, 0.25) is 17.4 Å². The number of rotatable bonds is 6. The van der Waals surface area contributed by atoms with Crippen molar-refractivity contribution in [1.82, 2.24) is 4.98 Å². The molecular formula is C19H20F3NO5. The molecule has 28 heavy (non-hydrogen) atoms. The molecule has 1 aromatic carbocycles. The molecule has 0 bridgehead atoms. The van der Waals surface area contributed by atoms with E-state index in [0.717, 1.165) is 13.3 Å². The van der Waals surface area contributed by atoms with Gasteiger partial charge in [0.25, 0.3) is 0 Å². The van der Waals surface area contributed by atoms with Crippen molar-refractivity contribution >= 4 is 5.78 Å². The fourth-order valence-electron chi connectivity index (χ4n) is 3.01. The molecule has 0 aliphatic rings. The van der Waals surface area contributed by atoms with Crippen molar-refractivity contribution < 1.29 is 36.9 Å². The first-order chi connectivity index (χ1) is 13.1. The summed E-state index contributed by atoms with van der Waals surface area (Å²) in [5.74, 6) is -1.05. The molecule has 0 radical (unpaired) electrons. The Morgan fingerprint density at radius 1 is 0.893 bits per heavy atom. The van der Waals surface area contributed by atoms with Crippen molar-refractivity contribution in [2.24, 2.45) is 0 Å². The lowest BCUT2D eigenvalue weighted by Crippen LogP contribution is -2.19. The number of carbonyl (C=O) groups excluding carboxylic acids is 1. The molecule has 0 amide bonds. The van der Waals surface area contributed by atoms with E-state index in [1.54, 1.807) is 6.92 Å². The number of methoxy groups -OCH3 is 4. The predicted octanol–water partition coefficient (Wildman–Crippen LogP) is 3.98. The van der Waals surface area contributed by atoms with Gasteiger partial charge in [-0.05, 0) is 31.0 Å². The number of hydrogen-bond donors (Lipinski definition) is 0. The van der Waals surface area contributed by atoms with Gasteiger partial charge in [0.05, 0.1) is 45.1 Å². The number of benzene rings is 1. The highest BCUT2D eigenvalue weighted by atomic mass is 19.4. The molecule has 0 aliphatic heterocycles. The van der Waals surface area contributed by atoms with Gasteiger partial charge in [-0.25, -0.2) is 4.98 Å². The van der Waals surface area contributed by atoms with Gasteiger partial charge in [0.15, 0.2) is 11.5 Å². The first-order valence-corrected chi connectivity index (χ1v) is 8.07. The number of carbonyl (C=O) groups is 1. The van der Waals surface area contributed by atoms with Crippen LogP contribution in [-0.4, -0.2) is 39.2 Å². The van der Waals surface area contributed by atoms with Crippen molar-refractivity contribution in [2.45, 2.75) is 20.0 Å². The minimum atomic E-state index is -4.79. The van der Waals surface area contributed by atoms with Gasteiger partial charge in [-0.2, -0.15) is 13.2 Å². The Labute approximate surface area is 160 Å². The quantitative estimate of drug-likeness (QED) is 0.685. The molecule has 1 heterocycles. The molecule has 2 rings (SSSR count). The smallest absolute Gasteiger partial charge is 0.417 e. The van der Waals surface area contributed by atoms with Gasteiger partial charge in [-0.3, -0.25) is 4.79 Å². The highest BCUT2D eigenvalue weighted by molar-refractivity contribution is 6.14. The summed E-state index contributed by atoms with van der Waals surface area (Å²) in [5.41, 5.74) is -1.76. The maximum absolute atomic E-state index is 13.7. The summed E-state index contributed by atoms with van der Waals surface area (Å²) in [4.78, 5) is 17.2. The average molecular weight is 399 g/mol. The van der Waals surface area contributed by atoms with E-state index in [2.05, 4.69) is 4.98 Å². The van der Waals surface area contributed by atoms with Crippen molar-refractivity contribution in [3.05, 3.63) is 40.1 Å². The second-order valence-corrected chi connectivity index (χ2v) is 5.86. The maximum Gasteiger partial charge on any atom is 0.417 e. The number of alkyl halides is 3. The van der Waals surface area contributed by atoms with Gasteiger partial charge in [0.1, 0.15) is 0 Å². The van der Waals surface area contributed by atoms with Gasteiger partial charge >= 0.3 is 6.18 Å². The van der Waals surface area contributed by atoms with Crippen LogP contribution in [0.5, 0.6) is 23.1 Å². The van der Waals surface area contributed by atoms with Crippen LogP contribution in [0.4, 0.5) is 13.2 Å². The minimum absolute atomic E-state index is 0.0407. The highest BCUT2D eigenvalue weighted by Gasteiger charge is 2.41. The van der Waals surface area contributed by atoms with Crippen LogP contribution in [0.15, 0.2) is 12.3 Å².